The molecule has 3 rings (SSSR count). The molecule has 25 heavy (non-hydrogen) atoms. The normalized spacial score (nSPS) is 14.9. The summed E-state index contributed by atoms with van der Waals surface area (Å²) in [7, 11) is 1.60. The highest BCUT2D eigenvalue weighted by atomic mass is 16.5. The van der Waals surface area contributed by atoms with E-state index in [0.717, 1.165) is 12.1 Å². The number of hydrogen-bond donors (Lipinski definition) is 2. The summed E-state index contributed by atoms with van der Waals surface area (Å²) in [5.41, 5.74) is 3.11. The predicted octanol–water partition coefficient (Wildman–Crippen LogP) is 2.19. The van der Waals surface area contributed by atoms with Crippen molar-refractivity contribution in [3.63, 3.8) is 0 Å². The van der Waals surface area contributed by atoms with E-state index in [4.69, 9.17) is 4.74 Å². The molecule has 0 spiro atoms. The second-order valence-corrected chi connectivity index (χ2v) is 6.72. The molecule has 2 aromatic carbocycles. The van der Waals surface area contributed by atoms with Crippen molar-refractivity contribution in [3.05, 3.63) is 65.2 Å². The molecule has 0 aromatic heterocycles. The first-order valence-corrected chi connectivity index (χ1v) is 9.08. The Morgan fingerprint density at radius 1 is 1.04 bits per heavy atom. The molecule has 0 bridgehead atoms. The topological polar surface area (TPSA) is 42.8 Å². The maximum Gasteiger partial charge on any atom is 0.251 e. The summed E-state index contributed by atoms with van der Waals surface area (Å²) in [6.07, 6.45) is 4.09. The van der Waals surface area contributed by atoms with Crippen molar-refractivity contribution in [2.45, 2.75) is 32.4 Å². The second kappa shape index (κ2) is 8.67. The third-order valence-electron chi connectivity index (χ3n) is 4.82. The standard InChI is InChI=1S/C21H26N2O2/c1-25-20-7-5-6-19(14-20)21(24)22-15-17-8-10-18(11-9-17)16-23-12-3-2-4-13-23/h5-11,14H,2-4,12-13,15-16H2,1H3,(H,22,24)/p+1. The van der Waals surface area contributed by atoms with Gasteiger partial charge in [0.15, 0.2) is 0 Å². The van der Waals surface area contributed by atoms with Gasteiger partial charge in [0.05, 0.1) is 20.2 Å². The predicted molar refractivity (Wildman–Crippen MR) is 98.9 cm³/mol. The number of likely N-dealkylation sites (tertiary alicyclic amines) is 1. The van der Waals surface area contributed by atoms with Crippen molar-refractivity contribution in [2.75, 3.05) is 20.2 Å². The van der Waals surface area contributed by atoms with Gasteiger partial charge < -0.3 is 15.0 Å². The molecule has 0 radical (unpaired) electrons. The van der Waals surface area contributed by atoms with Crippen molar-refractivity contribution in [1.82, 2.24) is 5.32 Å². The van der Waals surface area contributed by atoms with Crippen molar-refractivity contribution < 1.29 is 14.4 Å². The number of ether oxygens (including phenoxy) is 1. The van der Waals surface area contributed by atoms with Gasteiger partial charge >= 0.3 is 0 Å². The summed E-state index contributed by atoms with van der Waals surface area (Å²) in [5.74, 6) is 0.609. The van der Waals surface area contributed by atoms with Gasteiger partial charge in [0.25, 0.3) is 5.91 Å². The second-order valence-electron chi connectivity index (χ2n) is 6.72. The van der Waals surface area contributed by atoms with Crippen LogP contribution < -0.4 is 15.0 Å². The smallest absolute Gasteiger partial charge is 0.251 e. The fourth-order valence-corrected chi connectivity index (χ4v) is 3.34. The highest BCUT2D eigenvalue weighted by Gasteiger charge is 2.13. The molecule has 4 nitrogen and oxygen atoms in total. The van der Waals surface area contributed by atoms with Gasteiger partial charge in [-0.25, -0.2) is 0 Å². The van der Waals surface area contributed by atoms with E-state index in [0.29, 0.717) is 17.9 Å². The van der Waals surface area contributed by atoms with Crippen LogP contribution in [0, 0.1) is 0 Å². The van der Waals surface area contributed by atoms with E-state index in [9.17, 15) is 4.79 Å². The average molecular weight is 339 g/mol. The van der Waals surface area contributed by atoms with Crippen molar-refractivity contribution in [3.8, 4) is 5.75 Å². The van der Waals surface area contributed by atoms with Crippen LogP contribution in [-0.2, 0) is 13.1 Å². The van der Waals surface area contributed by atoms with Crippen molar-refractivity contribution >= 4 is 5.91 Å². The fraction of sp³-hybridized carbons (Fsp3) is 0.381. The first-order chi connectivity index (χ1) is 12.2. The zero-order valence-corrected chi connectivity index (χ0v) is 14.9. The largest absolute Gasteiger partial charge is 0.497 e. The molecular weight excluding hydrogens is 312 g/mol. The number of quaternary nitrogens is 1. The number of amides is 1. The van der Waals surface area contributed by atoms with Crippen LogP contribution in [0.5, 0.6) is 5.75 Å². The SMILES string of the molecule is COc1cccc(C(=O)NCc2ccc(C[NH+]3CCCCC3)cc2)c1. The van der Waals surface area contributed by atoms with Gasteiger partial charge in [-0.3, -0.25) is 4.79 Å². The molecule has 1 aliphatic heterocycles. The van der Waals surface area contributed by atoms with Crippen LogP contribution in [0.1, 0.15) is 40.7 Å². The quantitative estimate of drug-likeness (QED) is 0.847. The Labute approximate surface area is 149 Å². The van der Waals surface area contributed by atoms with Crippen LogP contribution in [0.3, 0.4) is 0 Å². The van der Waals surface area contributed by atoms with E-state index >= 15 is 0 Å². The van der Waals surface area contributed by atoms with Crippen LogP contribution in [-0.4, -0.2) is 26.1 Å². The highest BCUT2D eigenvalue weighted by molar-refractivity contribution is 5.94. The fourth-order valence-electron chi connectivity index (χ4n) is 3.34. The maximum absolute atomic E-state index is 12.2. The number of methoxy groups -OCH3 is 1. The number of carbonyl (C=O) groups is 1. The van der Waals surface area contributed by atoms with E-state index in [1.54, 1.807) is 24.1 Å². The molecule has 2 N–H and O–H groups in total. The monoisotopic (exact) mass is 339 g/mol. The average Bonchev–Trinajstić information content (AvgIpc) is 2.68. The lowest BCUT2D eigenvalue weighted by molar-refractivity contribution is -0.918. The van der Waals surface area contributed by atoms with Crippen LogP contribution in [0.4, 0.5) is 0 Å². The summed E-state index contributed by atoms with van der Waals surface area (Å²) in [6, 6.07) is 15.8. The van der Waals surface area contributed by atoms with Crippen LogP contribution in [0.2, 0.25) is 0 Å². The molecule has 1 heterocycles. The third kappa shape index (κ3) is 5.07. The van der Waals surface area contributed by atoms with E-state index in [1.807, 2.05) is 12.1 Å². The Kier molecular flexibility index (Phi) is 6.07. The van der Waals surface area contributed by atoms with E-state index in [2.05, 4.69) is 29.6 Å². The van der Waals surface area contributed by atoms with E-state index < -0.39 is 0 Å². The third-order valence-corrected chi connectivity index (χ3v) is 4.82. The molecule has 1 amide bonds. The molecule has 1 aliphatic rings. The van der Waals surface area contributed by atoms with Gasteiger partial charge in [0, 0.05) is 17.7 Å². The molecule has 0 atom stereocenters. The molecule has 1 fully saturated rings. The van der Waals surface area contributed by atoms with Gasteiger partial charge in [-0.1, -0.05) is 30.3 Å². The lowest BCUT2D eigenvalue weighted by Crippen LogP contribution is -3.11. The number of hydrogen-bond acceptors (Lipinski definition) is 2. The summed E-state index contributed by atoms with van der Waals surface area (Å²) in [5, 5.41) is 2.97. The number of carbonyl (C=O) groups excluding carboxylic acids is 1. The first kappa shape index (κ1) is 17.5. The molecule has 0 saturated carbocycles. The molecule has 4 heteroatoms. The minimum Gasteiger partial charge on any atom is -0.497 e. The number of piperidine rings is 1. The summed E-state index contributed by atoms with van der Waals surface area (Å²) in [4.78, 5) is 13.9. The zero-order chi connectivity index (χ0) is 17.5. The number of benzene rings is 2. The lowest BCUT2D eigenvalue weighted by atomic mass is 10.1. The summed E-state index contributed by atoms with van der Waals surface area (Å²) >= 11 is 0. The number of rotatable bonds is 6. The van der Waals surface area contributed by atoms with Gasteiger partial charge in [0.1, 0.15) is 12.3 Å². The minimum absolute atomic E-state index is 0.0827. The Bertz CT molecular complexity index is 691. The van der Waals surface area contributed by atoms with Crippen molar-refractivity contribution in [1.29, 1.82) is 0 Å². The molecular formula is C21H27N2O2+. The Morgan fingerprint density at radius 3 is 2.48 bits per heavy atom. The zero-order valence-electron chi connectivity index (χ0n) is 14.9. The molecule has 1 saturated heterocycles. The Balaban J connectivity index is 1.51. The maximum atomic E-state index is 12.2. The lowest BCUT2D eigenvalue weighted by Gasteiger charge is -2.23. The van der Waals surface area contributed by atoms with Crippen LogP contribution >= 0.6 is 0 Å². The van der Waals surface area contributed by atoms with Crippen molar-refractivity contribution in [2.24, 2.45) is 0 Å². The van der Waals surface area contributed by atoms with Gasteiger partial charge in [-0.05, 0) is 43.0 Å². The Hall–Kier alpha value is -2.33. The van der Waals surface area contributed by atoms with Gasteiger partial charge in [0.2, 0.25) is 0 Å². The van der Waals surface area contributed by atoms with Crippen LogP contribution in [0.25, 0.3) is 0 Å². The van der Waals surface area contributed by atoms with Crippen LogP contribution in [0.15, 0.2) is 48.5 Å². The summed E-state index contributed by atoms with van der Waals surface area (Å²) < 4.78 is 5.16. The molecule has 0 aliphatic carbocycles. The Morgan fingerprint density at radius 2 is 1.76 bits per heavy atom. The van der Waals surface area contributed by atoms with Gasteiger partial charge in [-0.15, -0.1) is 0 Å². The first-order valence-electron chi connectivity index (χ1n) is 9.08. The van der Waals surface area contributed by atoms with E-state index in [-0.39, 0.29) is 5.91 Å². The highest BCUT2D eigenvalue weighted by Crippen LogP contribution is 2.12. The van der Waals surface area contributed by atoms with Gasteiger partial charge in [-0.2, -0.15) is 0 Å². The molecule has 132 valence electrons. The minimum atomic E-state index is -0.0827. The summed E-state index contributed by atoms with van der Waals surface area (Å²) in [6.45, 7) is 4.22. The van der Waals surface area contributed by atoms with E-state index in [1.165, 1.54) is 37.9 Å². The molecule has 0 unspecified atom stereocenters. The number of nitrogens with one attached hydrogen (secondary N) is 2. The molecule has 2 aromatic rings.